The minimum absolute atomic E-state index is 0.840. The van der Waals surface area contributed by atoms with E-state index in [2.05, 4.69) is 12.1 Å². The van der Waals surface area contributed by atoms with Gasteiger partial charge in [-0.05, 0) is 6.42 Å². The van der Waals surface area contributed by atoms with Crippen LogP contribution in [0.15, 0.2) is 18.2 Å². The molecule has 1 heterocycles. The van der Waals surface area contributed by atoms with E-state index in [-0.39, 0.29) is 0 Å². The molecule has 0 fully saturated rings. The van der Waals surface area contributed by atoms with Crippen LogP contribution in [-0.4, -0.2) is 6.61 Å². The molecule has 1 aromatic rings. The van der Waals surface area contributed by atoms with Crippen molar-refractivity contribution in [2.24, 2.45) is 0 Å². The van der Waals surface area contributed by atoms with Gasteiger partial charge >= 0.3 is 0 Å². The first-order valence-electron chi connectivity index (χ1n) is 3.08. The van der Waals surface area contributed by atoms with Crippen molar-refractivity contribution in [3.8, 4) is 5.75 Å². The predicted octanol–water partition coefficient (Wildman–Crippen LogP) is 1.42. The average molecular weight is 119 g/mol. The number of fused-ring (bicyclic) bond motifs is 1. The third-order valence-electron chi connectivity index (χ3n) is 1.54. The smallest absolute Gasteiger partial charge is 0.0736 e. The second kappa shape index (κ2) is 1.76. The molecule has 0 aromatic heterocycles. The van der Waals surface area contributed by atoms with E-state index in [0.717, 1.165) is 18.8 Å². The fourth-order valence-electron chi connectivity index (χ4n) is 1.06. The van der Waals surface area contributed by atoms with Crippen LogP contribution in [0.25, 0.3) is 0 Å². The fraction of sp³-hybridized carbons (Fsp3) is 0.250. The maximum absolute atomic E-state index is 5.27. The minimum Gasteiger partial charge on any atom is -0.550 e. The number of hydrogen-bond acceptors (Lipinski definition) is 1. The first-order chi connectivity index (χ1) is 4.47. The van der Waals surface area contributed by atoms with Crippen LogP contribution in [0.2, 0.25) is 0 Å². The van der Waals surface area contributed by atoms with Crippen LogP contribution in [0.5, 0.6) is 5.75 Å². The highest BCUT2D eigenvalue weighted by Crippen LogP contribution is 2.22. The lowest BCUT2D eigenvalue weighted by molar-refractivity contribution is 0.357. The molecule has 0 N–H and O–H groups in total. The van der Waals surface area contributed by atoms with Gasteiger partial charge in [0.05, 0.1) is 6.61 Å². The molecule has 1 nitrogen and oxygen atoms in total. The number of rotatable bonds is 0. The Morgan fingerprint density at radius 2 is 2.56 bits per heavy atom. The van der Waals surface area contributed by atoms with E-state index < -0.39 is 0 Å². The molecule has 0 bridgehead atoms. The van der Waals surface area contributed by atoms with Crippen molar-refractivity contribution in [2.75, 3.05) is 6.61 Å². The SMILES string of the molecule is [c-]1ccc2c(c1)OCC2. The fourth-order valence-corrected chi connectivity index (χ4v) is 1.06. The first-order valence-corrected chi connectivity index (χ1v) is 3.08. The van der Waals surface area contributed by atoms with E-state index in [1.165, 1.54) is 5.56 Å². The Labute approximate surface area is 54.3 Å². The summed E-state index contributed by atoms with van der Waals surface area (Å²) in [6, 6.07) is 8.84. The molecule has 2 rings (SSSR count). The molecule has 0 saturated carbocycles. The summed E-state index contributed by atoms with van der Waals surface area (Å²) in [7, 11) is 0. The maximum Gasteiger partial charge on any atom is 0.0736 e. The van der Waals surface area contributed by atoms with Crippen molar-refractivity contribution in [2.45, 2.75) is 6.42 Å². The van der Waals surface area contributed by atoms with E-state index >= 15 is 0 Å². The zero-order valence-corrected chi connectivity index (χ0v) is 5.05. The molecule has 9 heavy (non-hydrogen) atoms. The summed E-state index contributed by atoms with van der Waals surface area (Å²) in [5.41, 5.74) is 1.31. The van der Waals surface area contributed by atoms with Gasteiger partial charge in [0.25, 0.3) is 0 Å². The van der Waals surface area contributed by atoms with Crippen molar-refractivity contribution in [3.63, 3.8) is 0 Å². The van der Waals surface area contributed by atoms with Crippen molar-refractivity contribution >= 4 is 0 Å². The van der Waals surface area contributed by atoms with Crippen LogP contribution in [-0.2, 0) is 6.42 Å². The third kappa shape index (κ3) is 0.689. The Balaban J connectivity index is 2.54. The Hall–Kier alpha value is -0.980. The van der Waals surface area contributed by atoms with Crippen molar-refractivity contribution in [3.05, 3.63) is 29.8 Å². The van der Waals surface area contributed by atoms with E-state index in [0.29, 0.717) is 0 Å². The van der Waals surface area contributed by atoms with Gasteiger partial charge in [-0.15, -0.1) is 11.6 Å². The zero-order chi connectivity index (χ0) is 6.10. The minimum atomic E-state index is 0.840. The van der Waals surface area contributed by atoms with Crippen molar-refractivity contribution in [1.29, 1.82) is 0 Å². The highest BCUT2D eigenvalue weighted by Gasteiger charge is 2.00. The molecule has 46 valence electrons. The normalized spacial score (nSPS) is 14.7. The summed E-state index contributed by atoms with van der Waals surface area (Å²) in [5.74, 6) is 1.01. The topological polar surface area (TPSA) is 9.23 Å². The molecular weight excluding hydrogens is 112 g/mol. The van der Waals surface area contributed by atoms with Crippen molar-refractivity contribution < 1.29 is 4.74 Å². The van der Waals surface area contributed by atoms with Gasteiger partial charge in [-0.25, -0.2) is 0 Å². The highest BCUT2D eigenvalue weighted by molar-refractivity contribution is 5.35. The third-order valence-corrected chi connectivity index (χ3v) is 1.54. The van der Waals surface area contributed by atoms with Crippen LogP contribution >= 0.6 is 0 Å². The lowest BCUT2D eigenvalue weighted by Crippen LogP contribution is -1.85. The molecule has 0 atom stereocenters. The van der Waals surface area contributed by atoms with Gasteiger partial charge in [-0.2, -0.15) is 18.2 Å². The quantitative estimate of drug-likeness (QED) is 0.469. The molecule has 0 unspecified atom stereocenters. The summed E-state index contributed by atoms with van der Waals surface area (Å²) in [5, 5.41) is 0. The molecule has 1 aliphatic rings. The Morgan fingerprint density at radius 1 is 1.56 bits per heavy atom. The summed E-state index contributed by atoms with van der Waals surface area (Å²) in [4.78, 5) is 0. The zero-order valence-electron chi connectivity index (χ0n) is 5.05. The van der Waals surface area contributed by atoms with Crippen LogP contribution in [0.3, 0.4) is 0 Å². The lowest BCUT2D eigenvalue weighted by atomic mass is 10.2. The van der Waals surface area contributed by atoms with Gasteiger partial charge in [-0.1, -0.05) is 0 Å². The Morgan fingerprint density at radius 3 is 3.44 bits per heavy atom. The van der Waals surface area contributed by atoms with Crippen LogP contribution < -0.4 is 4.74 Å². The molecule has 0 aliphatic carbocycles. The van der Waals surface area contributed by atoms with E-state index in [1.54, 1.807) is 0 Å². The maximum atomic E-state index is 5.27. The summed E-state index contributed by atoms with van der Waals surface area (Å²) in [6.45, 7) is 0.840. The standard InChI is InChI=1S/C8H7O/c1-2-4-8-7(3-1)5-6-9-8/h1,3-4H,5-6H2/q-1. The molecule has 0 spiro atoms. The van der Waals surface area contributed by atoms with Gasteiger partial charge < -0.3 is 4.74 Å². The van der Waals surface area contributed by atoms with E-state index in [4.69, 9.17) is 4.74 Å². The van der Waals surface area contributed by atoms with Gasteiger partial charge in [0.1, 0.15) is 0 Å². The van der Waals surface area contributed by atoms with Gasteiger partial charge in [0, 0.05) is 5.75 Å². The van der Waals surface area contributed by atoms with Crippen molar-refractivity contribution in [1.82, 2.24) is 0 Å². The van der Waals surface area contributed by atoms with Gasteiger partial charge in [0.15, 0.2) is 0 Å². The number of benzene rings is 1. The molecule has 1 aromatic carbocycles. The molecule has 1 aliphatic heterocycles. The predicted molar refractivity (Wildman–Crippen MR) is 34.5 cm³/mol. The molecule has 0 radical (unpaired) electrons. The highest BCUT2D eigenvalue weighted by atomic mass is 16.5. The lowest BCUT2D eigenvalue weighted by Gasteiger charge is -2.03. The van der Waals surface area contributed by atoms with Gasteiger partial charge in [0.2, 0.25) is 0 Å². The largest absolute Gasteiger partial charge is 0.550 e. The molecule has 0 amide bonds. The number of hydrogen-bond donors (Lipinski definition) is 0. The van der Waals surface area contributed by atoms with Crippen LogP contribution in [0.4, 0.5) is 0 Å². The molecular formula is C8H7O-. The Kier molecular flexibility index (Phi) is 0.950. The summed E-state index contributed by atoms with van der Waals surface area (Å²) in [6.07, 6.45) is 1.06. The monoisotopic (exact) mass is 119 g/mol. The van der Waals surface area contributed by atoms with E-state index in [1.807, 2.05) is 12.1 Å². The van der Waals surface area contributed by atoms with E-state index in [9.17, 15) is 0 Å². The second-order valence-electron chi connectivity index (χ2n) is 2.13. The average Bonchev–Trinajstić information content (AvgIpc) is 2.33. The second-order valence-corrected chi connectivity index (χ2v) is 2.13. The first kappa shape index (κ1) is 4.86. The molecule has 0 saturated heterocycles. The summed E-state index contributed by atoms with van der Waals surface area (Å²) < 4.78 is 5.27. The van der Waals surface area contributed by atoms with Crippen LogP contribution in [0.1, 0.15) is 5.56 Å². The van der Waals surface area contributed by atoms with Crippen LogP contribution in [0, 0.1) is 6.07 Å². The summed E-state index contributed by atoms with van der Waals surface area (Å²) >= 11 is 0. The number of ether oxygens (including phenoxy) is 1. The molecule has 1 heteroatoms. The Bertz CT molecular complexity index is 195. The van der Waals surface area contributed by atoms with Gasteiger partial charge in [-0.3, -0.25) is 0 Å².